The Balaban J connectivity index is 1.83. The van der Waals surface area contributed by atoms with Crippen LogP contribution in [0.15, 0.2) is 36.0 Å². The third-order valence-corrected chi connectivity index (χ3v) is 8.58. The number of nitriles is 1. The molecule has 15 heteroatoms. The first-order valence-corrected chi connectivity index (χ1v) is 13.5. The van der Waals surface area contributed by atoms with Gasteiger partial charge in [-0.3, -0.25) is 9.29 Å². The van der Waals surface area contributed by atoms with Gasteiger partial charge in [0, 0.05) is 23.5 Å². The van der Waals surface area contributed by atoms with Crippen molar-refractivity contribution >= 4 is 27.3 Å². The van der Waals surface area contributed by atoms with Crippen molar-refractivity contribution in [2.24, 2.45) is 0 Å². The lowest BCUT2D eigenvalue weighted by Gasteiger charge is -2.26. The van der Waals surface area contributed by atoms with E-state index >= 15 is 4.39 Å². The molecule has 0 saturated carbocycles. The van der Waals surface area contributed by atoms with Crippen molar-refractivity contribution in [2.75, 3.05) is 18.9 Å². The number of halogens is 1. The van der Waals surface area contributed by atoms with E-state index in [1.807, 2.05) is 18.4 Å². The zero-order valence-electron chi connectivity index (χ0n) is 21.0. The number of hydrogen-bond acceptors (Lipinski definition) is 11. The first-order valence-electron chi connectivity index (χ1n) is 11.1. The van der Waals surface area contributed by atoms with E-state index in [-0.39, 0.29) is 23.2 Å². The minimum absolute atomic E-state index is 0.113. The number of thiazole rings is 1. The van der Waals surface area contributed by atoms with Gasteiger partial charge in [-0.05, 0) is 32.9 Å². The van der Waals surface area contributed by atoms with Crippen molar-refractivity contribution in [1.82, 2.24) is 29.7 Å². The number of aromatic nitrogens is 6. The molecule has 0 aliphatic heterocycles. The van der Waals surface area contributed by atoms with E-state index in [0.717, 1.165) is 25.0 Å². The molecule has 198 valence electrons. The summed E-state index contributed by atoms with van der Waals surface area (Å²) in [5, 5.41) is 17.8. The molecule has 0 bridgehead atoms. The second-order valence-electron chi connectivity index (χ2n) is 8.26. The van der Waals surface area contributed by atoms with Crippen molar-refractivity contribution < 1.29 is 22.3 Å². The maximum atomic E-state index is 15.9. The number of para-hydroxylation sites is 1. The molecular formula is C23H23FN8O4S2. The zero-order valence-corrected chi connectivity index (χ0v) is 22.6. The number of nitrogens with one attached hydrogen (secondary N) is 1. The fraction of sp³-hybridized carbons (Fsp3) is 0.304. The third-order valence-electron chi connectivity index (χ3n) is 5.78. The molecule has 0 aliphatic carbocycles. The molecule has 4 rings (SSSR count). The van der Waals surface area contributed by atoms with Gasteiger partial charge in [0.1, 0.15) is 28.5 Å². The number of ether oxygens (including phenoxy) is 2. The van der Waals surface area contributed by atoms with E-state index in [2.05, 4.69) is 29.9 Å². The molecule has 3 heterocycles. The van der Waals surface area contributed by atoms with Crippen LogP contribution in [0.3, 0.4) is 0 Å². The van der Waals surface area contributed by atoms with Crippen molar-refractivity contribution in [1.29, 1.82) is 5.26 Å². The Morgan fingerprint density at radius 2 is 1.82 bits per heavy atom. The molecule has 1 N–H and O–H groups in total. The lowest BCUT2D eigenvalue weighted by molar-refractivity contribution is 0.175. The molecule has 0 spiro atoms. The van der Waals surface area contributed by atoms with E-state index in [9.17, 15) is 8.42 Å². The molecule has 38 heavy (non-hydrogen) atoms. The van der Waals surface area contributed by atoms with Crippen LogP contribution in [0.5, 0.6) is 11.5 Å². The van der Waals surface area contributed by atoms with Gasteiger partial charge in [-0.1, -0.05) is 6.07 Å². The van der Waals surface area contributed by atoms with Crippen LogP contribution in [0.2, 0.25) is 0 Å². The summed E-state index contributed by atoms with van der Waals surface area (Å²) in [6.45, 7) is 4.04. The minimum atomic E-state index is -4.46. The monoisotopic (exact) mass is 558 g/mol. The molecule has 12 nitrogen and oxygen atoms in total. The first kappa shape index (κ1) is 26.9. The second kappa shape index (κ2) is 10.3. The summed E-state index contributed by atoms with van der Waals surface area (Å²) < 4.78 is 57.6. The number of alkyl halides is 1. The summed E-state index contributed by atoms with van der Waals surface area (Å²) >= 11 is 1.29. The van der Waals surface area contributed by atoms with Gasteiger partial charge >= 0.3 is 0 Å². The van der Waals surface area contributed by atoms with Gasteiger partial charge in [-0.25, -0.2) is 27.8 Å². The van der Waals surface area contributed by atoms with E-state index in [4.69, 9.17) is 14.7 Å². The average Bonchev–Trinajstić information content (AvgIpc) is 3.52. The average molecular weight is 559 g/mol. The van der Waals surface area contributed by atoms with E-state index in [1.165, 1.54) is 37.0 Å². The standard InChI is InChI=1S/C23H23FN8O4S2/c1-13-12-37-20(28-13)19-29-30-22(32(19)18-16(35-4)7-6-8-17(18)36-5)31-38(33,34)14(2)23(3,24)21-26-10-15(9-25)11-27-21/h6-8,10-12,14H,1-5H3,(H,30,31)/t14-,23+/m0/s1. The van der Waals surface area contributed by atoms with E-state index in [0.29, 0.717) is 22.2 Å². The van der Waals surface area contributed by atoms with Crippen LogP contribution < -0.4 is 14.2 Å². The normalized spacial score (nSPS) is 13.8. The topological polar surface area (TPSA) is 158 Å². The van der Waals surface area contributed by atoms with Crippen LogP contribution >= 0.6 is 11.3 Å². The molecule has 2 atom stereocenters. The van der Waals surface area contributed by atoms with Crippen LogP contribution in [0, 0.1) is 18.3 Å². The number of methoxy groups -OCH3 is 2. The van der Waals surface area contributed by atoms with Gasteiger partial charge in [-0.15, -0.1) is 21.5 Å². The molecule has 0 aliphatic rings. The molecule has 0 amide bonds. The number of benzene rings is 1. The van der Waals surface area contributed by atoms with Crippen LogP contribution in [0.4, 0.5) is 10.3 Å². The Hall–Kier alpha value is -4.16. The smallest absolute Gasteiger partial charge is 0.243 e. The van der Waals surface area contributed by atoms with Gasteiger partial charge in [0.15, 0.2) is 22.3 Å². The van der Waals surface area contributed by atoms with Crippen LogP contribution in [0.1, 0.15) is 30.9 Å². The summed E-state index contributed by atoms with van der Waals surface area (Å²) in [4.78, 5) is 12.1. The van der Waals surface area contributed by atoms with Crippen molar-refractivity contribution in [3.8, 4) is 34.1 Å². The molecule has 0 fully saturated rings. The first-order chi connectivity index (χ1) is 18.0. The predicted molar refractivity (Wildman–Crippen MR) is 138 cm³/mol. The number of hydrogen-bond donors (Lipinski definition) is 1. The quantitative estimate of drug-likeness (QED) is 0.323. The summed E-state index contributed by atoms with van der Waals surface area (Å²) in [6, 6.07) is 6.87. The molecule has 0 unspecified atom stereocenters. The van der Waals surface area contributed by atoms with Gasteiger partial charge in [0.2, 0.25) is 16.0 Å². The van der Waals surface area contributed by atoms with Crippen molar-refractivity contribution in [3.63, 3.8) is 0 Å². The van der Waals surface area contributed by atoms with Crippen molar-refractivity contribution in [2.45, 2.75) is 31.7 Å². The molecule has 0 radical (unpaired) electrons. The van der Waals surface area contributed by atoms with Crippen LogP contribution in [-0.4, -0.2) is 57.6 Å². The highest BCUT2D eigenvalue weighted by molar-refractivity contribution is 7.93. The molecule has 0 saturated heterocycles. The second-order valence-corrected chi connectivity index (χ2v) is 11.1. The Labute approximate surface area is 222 Å². The van der Waals surface area contributed by atoms with Crippen LogP contribution in [-0.2, 0) is 15.7 Å². The third kappa shape index (κ3) is 4.87. The fourth-order valence-electron chi connectivity index (χ4n) is 3.54. The van der Waals surface area contributed by atoms with Gasteiger partial charge in [0.05, 0.1) is 19.8 Å². The molecular weight excluding hydrogens is 535 g/mol. The highest BCUT2D eigenvalue weighted by Crippen LogP contribution is 2.39. The number of nitrogens with zero attached hydrogens (tertiary/aromatic N) is 7. The number of aryl methyl sites for hydroxylation is 1. The lowest BCUT2D eigenvalue weighted by atomic mass is 10.0. The Morgan fingerprint density at radius 1 is 1.18 bits per heavy atom. The highest BCUT2D eigenvalue weighted by atomic mass is 32.2. The Bertz CT molecular complexity index is 1590. The summed E-state index contributed by atoms with van der Waals surface area (Å²) in [5.41, 5.74) is -1.36. The SMILES string of the molecule is COc1cccc(OC)c1-n1c(NS(=O)(=O)[C@@H](C)[C@@](C)(F)c2ncc(C#N)cn2)nnc1-c1nc(C)cs1. The number of rotatable bonds is 9. The van der Waals surface area contributed by atoms with E-state index < -0.39 is 20.9 Å². The Kier molecular flexibility index (Phi) is 7.29. The molecule has 4 aromatic rings. The van der Waals surface area contributed by atoms with Crippen molar-refractivity contribution in [3.05, 3.63) is 53.1 Å². The maximum absolute atomic E-state index is 15.9. The summed E-state index contributed by atoms with van der Waals surface area (Å²) in [6.07, 6.45) is 2.25. The predicted octanol–water partition coefficient (Wildman–Crippen LogP) is 3.39. The summed E-state index contributed by atoms with van der Waals surface area (Å²) in [7, 11) is -1.56. The van der Waals surface area contributed by atoms with Gasteiger partial charge in [-0.2, -0.15) is 5.26 Å². The fourth-order valence-corrected chi connectivity index (χ4v) is 5.56. The van der Waals surface area contributed by atoms with Gasteiger partial charge < -0.3 is 9.47 Å². The largest absolute Gasteiger partial charge is 0.494 e. The number of sulfonamides is 1. The number of anilines is 1. The Morgan fingerprint density at radius 3 is 2.34 bits per heavy atom. The highest BCUT2D eigenvalue weighted by Gasteiger charge is 2.45. The minimum Gasteiger partial charge on any atom is -0.494 e. The molecule has 3 aromatic heterocycles. The van der Waals surface area contributed by atoms with E-state index in [1.54, 1.807) is 18.2 Å². The van der Waals surface area contributed by atoms with Crippen LogP contribution in [0.25, 0.3) is 16.5 Å². The molecule has 1 aromatic carbocycles. The lowest BCUT2D eigenvalue weighted by Crippen LogP contribution is -2.41. The summed E-state index contributed by atoms with van der Waals surface area (Å²) in [5.74, 6) is 0.275. The maximum Gasteiger partial charge on any atom is 0.243 e. The zero-order chi connectivity index (χ0) is 27.7. The van der Waals surface area contributed by atoms with Gasteiger partial charge in [0.25, 0.3) is 0 Å².